The number of benzene rings is 2. The molecule has 2 amide bonds. The van der Waals surface area contributed by atoms with E-state index in [0.29, 0.717) is 30.6 Å². The average Bonchev–Trinajstić information content (AvgIpc) is 3.19. The first-order chi connectivity index (χ1) is 16.7. The van der Waals surface area contributed by atoms with Crippen molar-refractivity contribution >= 4 is 40.1 Å². The number of amides is 2. The summed E-state index contributed by atoms with van der Waals surface area (Å²) in [7, 11) is 1.87. The van der Waals surface area contributed by atoms with Gasteiger partial charge in [0.25, 0.3) is 5.91 Å². The van der Waals surface area contributed by atoms with Gasteiger partial charge in [0.1, 0.15) is 5.00 Å². The molecule has 180 valence electrons. The highest BCUT2D eigenvalue weighted by Crippen LogP contribution is 2.38. The highest BCUT2D eigenvalue weighted by atomic mass is 32.1. The summed E-state index contributed by atoms with van der Waals surface area (Å²) in [6.45, 7) is 0.705. The lowest BCUT2D eigenvalue weighted by Crippen LogP contribution is -2.45. The zero-order chi connectivity index (χ0) is 25.1. The molecule has 0 saturated carbocycles. The molecule has 2 heterocycles. The van der Waals surface area contributed by atoms with Crippen molar-refractivity contribution in [3.8, 4) is 11.1 Å². The number of aliphatic carboxylic acids is 1. The predicted molar refractivity (Wildman–Crippen MR) is 131 cm³/mol. The van der Waals surface area contributed by atoms with Crippen LogP contribution < -0.4 is 10.6 Å². The van der Waals surface area contributed by atoms with Crippen LogP contribution >= 0.6 is 11.3 Å². The van der Waals surface area contributed by atoms with Crippen LogP contribution in [0.25, 0.3) is 11.1 Å². The summed E-state index contributed by atoms with van der Waals surface area (Å²) in [5, 5.41) is 23.7. The van der Waals surface area contributed by atoms with Gasteiger partial charge in [-0.15, -0.1) is 11.3 Å². The molecule has 1 atom stereocenters. The molecule has 10 heteroatoms. The van der Waals surface area contributed by atoms with Crippen molar-refractivity contribution in [3.63, 3.8) is 0 Å². The Kier molecular flexibility index (Phi) is 6.94. The third kappa shape index (κ3) is 5.23. The van der Waals surface area contributed by atoms with Crippen molar-refractivity contribution in [2.75, 3.05) is 18.9 Å². The fourth-order valence-corrected chi connectivity index (χ4v) is 5.34. The third-order valence-electron chi connectivity index (χ3n) is 5.93. The van der Waals surface area contributed by atoms with E-state index in [1.807, 2.05) is 54.4 Å². The minimum Gasteiger partial charge on any atom is -0.478 e. The van der Waals surface area contributed by atoms with E-state index < -0.39 is 17.8 Å². The fraction of sp³-hybridized carbons (Fsp3) is 0.200. The van der Waals surface area contributed by atoms with Crippen molar-refractivity contribution in [2.24, 2.45) is 0 Å². The number of anilines is 1. The minimum atomic E-state index is -1.69. The molecule has 0 spiro atoms. The van der Waals surface area contributed by atoms with Gasteiger partial charge in [-0.25, -0.2) is 9.59 Å². The first-order valence-electron chi connectivity index (χ1n) is 10.8. The standard InChI is InChI=1S/C25H23N3O6S/c1-28-13-19-18(20(24(31)32)23(35-19)27-22(30)25(33)34)11-17(28)12-26-21(29)16-9-7-15(8-10-16)14-5-3-2-4-6-14/h2-10,17H,11-13H2,1H3,(H,26,29)(H,27,30)(H,31,32)(H,33,34)/t17-/m0/s1. The molecule has 35 heavy (non-hydrogen) atoms. The third-order valence-corrected chi connectivity index (χ3v) is 7.07. The van der Waals surface area contributed by atoms with Gasteiger partial charge in [-0.05, 0) is 42.3 Å². The number of carboxylic acids is 2. The molecule has 2 aromatic carbocycles. The number of carbonyl (C=O) groups excluding carboxylic acids is 2. The van der Waals surface area contributed by atoms with Gasteiger partial charge >= 0.3 is 17.8 Å². The number of carboxylic acid groups (broad SMARTS) is 2. The Morgan fingerprint density at radius 3 is 2.29 bits per heavy atom. The monoisotopic (exact) mass is 493 g/mol. The van der Waals surface area contributed by atoms with Gasteiger partial charge in [0.2, 0.25) is 0 Å². The van der Waals surface area contributed by atoms with Gasteiger partial charge in [0.15, 0.2) is 0 Å². The van der Waals surface area contributed by atoms with E-state index in [4.69, 9.17) is 5.11 Å². The number of hydrogen-bond acceptors (Lipinski definition) is 6. The van der Waals surface area contributed by atoms with Crippen molar-refractivity contribution < 1.29 is 29.4 Å². The number of hydrogen-bond donors (Lipinski definition) is 4. The van der Waals surface area contributed by atoms with E-state index in [2.05, 4.69) is 10.6 Å². The number of thiophene rings is 1. The molecular formula is C25H23N3O6S. The summed E-state index contributed by atoms with van der Waals surface area (Å²) in [6.07, 6.45) is 0.333. The zero-order valence-electron chi connectivity index (χ0n) is 18.8. The highest BCUT2D eigenvalue weighted by Gasteiger charge is 2.33. The molecule has 1 aliphatic rings. The van der Waals surface area contributed by atoms with Gasteiger partial charge in [0.05, 0.1) is 5.56 Å². The molecule has 0 saturated heterocycles. The quantitative estimate of drug-likeness (QED) is 0.388. The molecular weight excluding hydrogens is 470 g/mol. The Balaban J connectivity index is 1.45. The molecule has 4 N–H and O–H groups in total. The second-order valence-electron chi connectivity index (χ2n) is 8.20. The van der Waals surface area contributed by atoms with Crippen molar-refractivity contribution in [3.05, 3.63) is 76.2 Å². The van der Waals surface area contributed by atoms with Crippen LogP contribution in [-0.4, -0.2) is 58.5 Å². The molecule has 0 aliphatic carbocycles. The number of carbonyl (C=O) groups is 4. The highest BCUT2D eigenvalue weighted by molar-refractivity contribution is 7.17. The van der Waals surface area contributed by atoms with Crippen molar-refractivity contribution in [1.82, 2.24) is 10.2 Å². The lowest BCUT2D eigenvalue weighted by molar-refractivity contribution is -0.147. The van der Waals surface area contributed by atoms with Crippen LogP contribution in [0.3, 0.4) is 0 Å². The number of fused-ring (bicyclic) bond motifs is 1. The molecule has 0 unspecified atom stereocenters. The zero-order valence-corrected chi connectivity index (χ0v) is 19.6. The summed E-state index contributed by atoms with van der Waals surface area (Å²) in [4.78, 5) is 49.8. The summed E-state index contributed by atoms with van der Waals surface area (Å²) in [5.41, 5.74) is 3.03. The van der Waals surface area contributed by atoms with Gasteiger partial charge in [-0.3, -0.25) is 14.5 Å². The molecule has 0 radical (unpaired) electrons. The maximum atomic E-state index is 12.7. The van der Waals surface area contributed by atoms with Crippen LogP contribution in [0.15, 0.2) is 54.6 Å². The lowest BCUT2D eigenvalue weighted by atomic mass is 9.96. The summed E-state index contributed by atoms with van der Waals surface area (Å²) in [5.74, 6) is -4.46. The van der Waals surface area contributed by atoms with E-state index in [9.17, 15) is 24.3 Å². The Morgan fingerprint density at radius 2 is 1.66 bits per heavy atom. The normalized spacial score (nSPS) is 15.2. The largest absolute Gasteiger partial charge is 0.478 e. The fourth-order valence-electron chi connectivity index (χ4n) is 4.06. The predicted octanol–water partition coefficient (Wildman–Crippen LogP) is 2.92. The van der Waals surface area contributed by atoms with Gasteiger partial charge in [-0.1, -0.05) is 42.5 Å². The number of nitrogens with one attached hydrogen (secondary N) is 2. The summed E-state index contributed by atoms with van der Waals surface area (Å²) < 4.78 is 0. The molecule has 3 aromatic rings. The van der Waals surface area contributed by atoms with Crippen LogP contribution in [-0.2, 0) is 22.6 Å². The Morgan fingerprint density at radius 1 is 1.00 bits per heavy atom. The lowest BCUT2D eigenvalue weighted by Gasteiger charge is -2.32. The minimum absolute atomic E-state index is 0.00601. The first-order valence-corrected chi connectivity index (χ1v) is 11.6. The van der Waals surface area contributed by atoms with E-state index in [1.165, 1.54) is 0 Å². The van der Waals surface area contributed by atoms with Gasteiger partial charge < -0.3 is 20.8 Å². The second-order valence-corrected chi connectivity index (χ2v) is 9.30. The second kappa shape index (κ2) is 10.1. The van der Waals surface area contributed by atoms with Crippen LogP contribution in [0.4, 0.5) is 5.00 Å². The molecule has 1 aromatic heterocycles. The Hall–Kier alpha value is -4.02. The smallest absolute Gasteiger partial charge is 0.394 e. The SMILES string of the molecule is CN1Cc2sc(NC(=O)C(=O)O)c(C(=O)O)c2C[C@H]1CNC(=O)c1ccc(-c2ccccc2)cc1. The van der Waals surface area contributed by atoms with E-state index in [-0.39, 0.29) is 22.5 Å². The number of rotatable bonds is 6. The number of nitrogens with zero attached hydrogens (tertiary/aromatic N) is 1. The van der Waals surface area contributed by atoms with Gasteiger partial charge in [-0.2, -0.15) is 0 Å². The van der Waals surface area contributed by atoms with Crippen LogP contribution in [0.5, 0.6) is 0 Å². The van der Waals surface area contributed by atoms with Crippen molar-refractivity contribution in [2.45, 2.75) is 19.0 Å². The summed E-state index contributed by atoms with van der Waals surface area (Å²) >= 11 is 1.06. The molecule has 0 bridgehead atoms. The maximum absolute atomic E-state index is 12.7. The Labute approximate surface area is 205 Å². The van der Waals surface area contributed by atoms with E-state index in [1.54, 1.807) is 12.1 Å². The van der Waals surface area contributed by atoms with Crippen molar-refractivity contribution in [1.29, 1.82) is 0 Å². The molecule has 4 rings (SSSR count). The average molecular weight is 494 g/mol. The number of aromatic carboxylic acids is 1. The number of likely N-dealkylation sites (N-methyl/N-ethyl adjacent to an activating group) is 1. The topological polar surface area (TPSA) is 136 Å². The molecule has 0 fully saturated rings. The van der Waals surface area contributed by atoms with Crippen LogP contribution in [0.1, 0.15) is 31.2 Å². The van der Waals surface area contributed by atoms with E-state index >= 15 is 0 Å². The van der Waals surface area contributed by atoms with Gasteiger partial charge in [0, 0.05) is 29.6 Å². The Bertz CT molecular complexity index is 1290. The first kappa shape index (κ1) is 24.1. The van der Waals surface area contributed by atoms with E-state index in [0.717, 1.165) is 27.3 Å². The maximum Gasteiger partial charge on any atom is 0.394 e. The molecule has 1 aliphatic heterocycles. The molecule has 9 nitrogen and oxygen atoms in total. The van der Waals surface area contributed by atoms with Crippen LogP contribution in [0.2, 0.25) is 0 Å². The summed E-state index contributed by atoms with van der Waals surface area (Å²) in [6, 6.07) is 17.0. The van der Waals surface area contributed by atoms with Crippen LogP contribution in [0, 0.1) is 0 Å².